The lowest BCUT2D eigenvalue weighted by molar-refractivity contribution is 0.0827. The molecule has 0 radical (unpaired) electrons. The van der Waals surface area contributed by atoms with E-state index in [2.05, 4.69) is 22.5 Å². The van der Waals surface area contributed by atoms with Crippen LogP contribution in [0.1, 0.15) is 42.6 Å². The van der Waals surface area contributed by atoms with Crippen LogP contribution in [-0.4, -0.2) is 63.7 Å². The summed E-state index contributed by atoms with van der Waals surface area (Å²) in [5.74, 6) is 0.867. The summed E-state index contributed by atoms with van der Waals surface area (Å²) in [6, 6.07) is 7.80. The molecule has 6 nitrogen and oxygen atoms in total. The third-order valence-corrected chi connectivity index (χ3v) is 3.80. The summed E-state index contributed by atoms with van der Waals surface area (Å²) in [6.07, 6.45) is 2.89. The monoisotopic (exact) mass is 362 g/mol. The third kappa shape index (κ3) is 8.85. The highest BCUT2D eigenvalue weighted by Gasteiger charge is 2.08. The quantitative estimate of drug-likeness (QED) is 0.360. The molecule has 6 heteroatoms. The first-order valence-electron chi connectivity index (χ1n) is 9.49. The summed E-state index contributed by atoms with van der Waals surface area (Å²) in [7, 11) is 3.54. The molecule has 0 unspecified atom stereocenters. The molecule has 26 heavy (non-hydrogen) atoms. The van der Waals surface area contributed by atoms with Crippen LogP contribution in [0.3, 0.4) is 0 Å². The van der Waals surface area contributed by atoms with E-state index in [1.54, 1.807) is 19.0 Å². The van der Waals surface area contributed by atoms with Crippen LogP contribution in [0.15, 0.2) is 29.3 Å². The maximum absolute atomic E-state index is 12.0. The zero-order valence-electron chi connectivity index (χ0n) is 16.7. The van der Waals surface area contributed by atoms with E-state index in [0.29, 0.717) is 0 Å². The van der Waals surface area contributed by atoms with E-state index in [-0.39, 0.29) is 5.91 Å². The molecule has 0 spiro atoms. The van der Waals surface area contributed by atoms with Crippen molar-refractivity contribution in [2.45, 2.75) is 33.1 Å². The number of aliphatic imine (C=N–C) groups is 1. The van der Waals surface area contributed by atoms with Gasteiger partial charge in [-0.2, -0.15) is 0 Å². The van der Waals surface area contributed by atoms with Crippen LogP contribution in [0.5, 0.6) is 0 Å². The van der Waals surface area contributed by atoms with Gasteiger partial charge in [-0.25, -0.2) is 0 Å². The summed E-state index contributed by atoms with van der Waals surface area (Å²) < 4.78 is 5.34. The Morgan fingerprint density at radius 1 is 1.19 bits per heavy atom. The lowest BCUT2D eigenvalue weighted by Gasteiger charge is -2.13. The van der Waals surface area contributed by atoms with E-state index in [9.17, 15) is 4.79 Å². The lowest BCUT2D eigenvalue weighted by Crippen LogP contribution is -2.38. The number of hydrogen-bond donors (Lipinski definition) is 2. The summed E-state index contributed by atoms with van der Waals surface area (Å²) in [4.78, 5) is 18.2. The number of carbonyl (C=O) groups excluding carboxylic acids is 1. The molecule has 146 valence electrons. The molecule has 2 N–H and O–H groups in total. The van der Waals surface area contributed by atoms with E-state index in [1.165, 1.54) is 0 Å². The Balaban J connectivity index is 2.44. The smallest absolute Gasteiger partial charge is 0.253 e. The summed E-state index contributed by atoms with van der Waals surface area (Å²) in [6.45, 7) is 8.03. The largest absolute Gasteiger partial charge is 0.382 e. The van der Waals surface area contributed by atoms with E-state index >= 15 is 0 Å². The van der Waals surface area contributed by atoms with Crippen LogP contribution in [0.4, 0.5) is 0 Å². The van der Waals surface area contributed by atoms with E-state index in [0.717, 1.165) is 69.2 Å². The van der Waals surface area contributed by atoms with Crippen LogP contribution in [0.25, 0.3) is 0 Å². The zero-order valence-corrected chi connectivity index (χ0v) is 16.7. The average molecular weight is 363 g/mol. The van der Waals surface area contributed by atoms with Gasteiger partial charge in [0.2, 0.25) is 0 Å². The number of ether oxygens (including phenoxy) is 1. The minimum atomic E-state index is 0.0294. The minimum Gasteiger partial charge on any atom is -0.382 e. The van der Waals surface area contributed by atoms with Crippen molar-refractivity contribution in [3.63, 3.8) is 0 Å². The van der Waals surface area contributed by atoms with Crippen molar-refractivity contribution in [1.29, 1.82) is 0 Å². The van der Waals surface area contributed by atoms with Crippen LogP contribution in [0.2, 0.25) is 0 Å². The summed E-state index contributed by atoms with van der Waals surface area (Å²) >= 11 is 0. The first-order valence-corrected chi connectivity index (χ1v) is 9.49. The molecule has 0 heterocycles. The fourth-order valence-electron chi connectivity index (χ4n) is 2.44. The van der Waals surface area contributed by atoms with Gasteiger partial charge in [0.1, 0.15) is 0 Å². The Kier molecular flexibility index (Phi) is 11.1. The number of benzene rings is 1. The number of nitrogens with zero attached hydrogens (tertiary/aromatic N) is 2. The Morgan fingerprint density at radius 2 is 2.00 bits per heavy atom. The number of nitrogens with one attached hydrogen (secondary N) is 2. The van der Waals surface area contributed by atoms with Crippen molar-refractivity contribution in [3.8, 4) is 0 Å². The Morgan fingerprint density at radius 3 is 2.69 bits per heavy atom. The summed E-state index contributed by atoms with van der Waals surface area (Å²) in [5, 5.41) is 6.62. The van der Waals surface area contributed by atoms with Gasteiger partial charge in [-0.3, -0.25) is 9.79 Å². The second kappa shape index (κ2) is 13.2. The first-order chi connectivity index (χ1) is 12.6. The molecule has 0 bridgehead atoms. The molecule has 1 amide bonds. The van der Waals surface area contributed by atoms with Crippen LogP contribution in [-0.2, 0) is 11.2 Å². The van der Waals surface area contributed by atoms with Gasteiger partial charge in [-0.05, 0) is 50.8 Å². The van der Waals surface area contributed by atoms with Crippen molar-refractivity contribution in [2.75, 3.05) is 46.9 Å². The number of hydrogen-bond acceptors (Lipinski definition) is 3. The van der Waals surface area contributed by atoms with Gasteiger partial charge >= 0.3 is 0 Å². The Bertz CT molecular complexity index is 558. The van der Waals surface area contributed by atoms with Crippen LogP contribution < -0.4 is 10.6 Å². The van der Waals surface area contributed by atoms with Gasteiger partial charge in [-0.15, -0.1) is 0 Å². The van der Waals surface area contributed by atoms with Gasteiger partial charge in [-0.1, -0.05) is 12.1 Å². The molecule has 1 aromatic rings. The molecule has 0 aromatic heterocycles. The standard InChI is InChI=1S/C20H34N4O2/c1-5-21-20(22-13-7-8-15-26-6-2)23-14-12-17-10-9-11-18(16-17)19(25)24(3)4/h9-11,16H,5-8,12-15H2,1-4H3,(H2,21,22,23). The van der Waals surface area contributed by atoms with E-state index in [1.807, 2.05) is 31.2 Å². The van der Waals surface area contributed by atoms with Crippen LogP contribution in [0, 0.1) is 0 Å². The normalized spacial score (nSPS) is 11.3. The molecular formula is C20H34N4O2. The van der Waals surface area contributed by atoms with E-state index < -0.39 is 0 Å². The maximum atomic E-state index is 12.0. The van der Waals surface area contributed by atoms with E-state index in [4.69, 9.17) is 4.74 Å². The fraction of sp³-hybridized carbons (Fsp3) is 0.600. The zero-order chi connectivity index (χ0) is 19.2. The molecule has 0 fully saturated rings. The highest BCUT2D eigenvalue weighted by Crippen LogP contribution is 2.07. The number of guanidine groups is 1. The number of amides is 1. The SMILES string of the molecule is CCNC(=NCCCCOCC)NCCc1cccc(C(=O)N(C)C)c1. The molecule has 1 rings (SSSR count). The van der Waals surface area contributed by atoms with Crippen molar-refractivity contribution >= 4 is 11.9 Å². The second-order valence-corrected chi connectivity index (χ2v) is 6.24. The van der Waals surface area contributed by atoms with Gasteiger partial charge in [0.25, 0.3) is 5.91 Å². The molecule has 0 atom stereocenters. The van der Waals surface area contributed by atoms with Crippen molar-refractivity contribution in [1.82, 2.24) is 15.5 Å². The van der Waals surface area contributed by atoms with Gasteiger partial charge in [0.05, 0.1) is 0 Å². The van der Waals surface area contributed by atoms with Crippen molar-refractivity contribution in [2.24, 2.45) is 4.99 Å². The minimum absolute atomic E-state index is 0.0294. The molecule has 0 aliphatic rings. The van der Waals surface area contributed by atoms with Crippen LogP contribution >= 0.6 is 0 Å². The Labute approximate surface area is 158 Å². The first kappa shape index (κ1) is 22.0. The van der Waals surface area contributed by atoms with Crippen molar-refractivity contribution in [3.05, 3.63) is 35.4 Å². The highest BCUT2D eigenvalue weighted by atomic mass is 16.5. The van der Waals surface area contributed by atoms with Gasteiger partial charge in [0, 0.05) is 52.5 Å². The fourth-order valence-corrected chi connectivity index (χ4v) is 2.44. The molecular weight excluding hydrogens is 328 g/mol. The average Bonchev–Trinajstić information content (AvgIpc) is 2.64. The molecule has 0 aliphatic heterocycles. The third-order valence-electron chi connectivity index (χ3n) is 3.80. The molecule has 0 saturated carbocycles. The van der Waals surface area contributed by atoms with Gasteiger partial charge in [0.15, 0.2) is 5.96 Å². The number of rotatable bonds is 11. The molecule has 1 aromatic carbocycles. The van der Waals surface area contributed by atoms with Gasteiger partial charge < -0.3 is 20.3 Å². The Hall–Kier alpha value is -2.08. The molecule has 0 aliphatic carbocycles. The maximum Gasteiger partial charge on any atom is 0.253 e. The highest BCUT2D eigenvalue weighted by molar-refractivity contribution is 5.94. The van der Waals surface area contributed by atoms with Crippen molar-refractivity contribution < 1.29 is 9.53 Å². The predicted octanol–water partition coefficient (Wildman–Crippen LogP) is 2.30. The topological polar surface area (TPSA) is 66.0 Å². The second-order valence-electron chi connectivity index (χ2n) is 6.24. The number of unbranched alkanes of at least 4 members (excludes halogenated alkanes) is 1. The summed E-state index contributed by atoms with van der Waals surface area (Å²) in [5.41, 5.74) is 1.86. The number of carbonyl (C=O) groups is 1. The predicted molar refractivity (Wildman–Crippen MR) is 108 cm³/mol. The lowest BCUT2D eigenvalue weighted by atomic mass is 10.1. The molecule has 0 saturated heterocycles.